The Balaban J connectivity index is 1.40. The summed E-state index contributed by atoms with van der Waals surface area (Å²) in [6.45, 7) is 0.902. The summed E-state index contributed by atoms with van der Waals surface area (Å²) in [7, 11) is 0. The maximum Gasteiger partial charge on any atom is 0.317 e. The first-order valence-corrected chi connectivity index (χ1v) is 9.39. The van der Waals surface area contributed by atoms with Crippen LogP contribution in [0.4, 0.5) is 5.69 Å². The second kappa shape index (κ2) is 8.47. The molecule has 27 heavy (non-hydrogen) atoms. The van der Waals surface area contributed by atoms with E-state index in [0.29, 0.717) is 12.3 Å². The Bertz CT molecular complexity index is 713. The number of hydrogen-bond acceptors (Lipinski definition) is 5. The monoisotopic (exact) mass is 375 g/mol. The van der Waals surface area contributed by atoms with Crippen LogP contribution in [0.3, 0.4) is 0 Å². The molecule has 2 N–H and O–H groups in total. The van der Waals surface area contributed by atoms with Crippen molar-refractivity contribution in [3.8, 4) is 0 Å². The van der Waals surface area contributed by atoms with E-state index in [-0.39, 0.29) is 36.6 Å². The third kappa shape index (κ3) is 5.75. The summed E-state index contributed by atoms with van der Waals surface area (Å²) in [5.41, 5.74) is 0.798. The van der Waals surface area contributed by atoms with E-state index in [9.17, 15) is 19.7 Å². The number of carboxylic acid groups (broad SMARTS) is 1. The standard InChI is InChI=1S/C19H25N3O5/c23-18(7-6-13-2-1-3-16(8-13)22(26)27)20-15-9-17(10-15)21(12-19(24)25)11-14-4-5-14/h1-3,8,14-15,17H,4-7,9-12H2,(H,20,23)(H,24,25). The third-order valence-electron chi connectivity index (χ3n) is 5.28. The van der Waals surface area contributed by atoms with E-state index in [4.69, 9.17) is 5.11 Å². The molecule has 0 aromatic heterocycles. The maximum absolute atomic E-state index is 12.1. The number of aryl methyl sites for hydroxylation is 1. The summed E-state index contributed by atoms with van der Waals surface area (Å²) in [5.74, 6) is -0.245. The summed E-state index contributed by atoms with van der Waals surface area (Å²) < 4.78 is 0. The van der Waals surface area contributed by atoms with Gasteiger partial charge in [0, 0.05) is 37.2 Å². The van der Waals surface area contributed by atoms with Gasteiger partial charge >= 0.3 is 5.97 Å². The van der Waals surface area contributed by atoms with Gasteiger partial charge in [-0.2, -0.15) is 0 Å². The van der Waals surface area contributed by atoms with E-state index < -0.39 is 10.9 Å². The molecular weight excluding hydrogens is 350 g/mol. The van der Waals surface area contributed by atoms with Gasteiger partial charge in [0.2, 0.25) is 5.91 Å². The van der Waals surface area contributed by atoms with Crippen molar-refractivity contribution < 1.29 is 19.6 Å². The van der Waals surface area contributed by atoms with E-state index in [2.05, 4.69) is 5.32 Å². The summed E-state index contributed by atoms with van der Waals surface area (Å²) in [6.07, 6.45) is 4.66. The smallest absolute Gasteiger partial charge is 0.317 e. The van der Waals surface area contributed by atoms with Gasteiger partial charge in [0.15, 0.2) is 0 Å². The zero-order chi connectivity index (χ0) is 19.4. The fraction of sp³-hybridized carbons (Fsp3) is 0.579. The number of nitrogens with one attached hydrogen (secondary N) is 1. The lowest BCUT2D eigenvalue weighted by Gasteiger charge is -2.42. The first-order valence-electron chi connectivity index (χ1n) is 9.39. The molecule has 0 aliphatic heterocycles. The Hall–Kier alpha value is -2.48. The molecule has 0 saturated heterocycles. The van der Waals surface area contributed by atoms with Crippen LogP contribution < -0.4 is 5.32 Å². The normalized spacial score (nSPS) is 21.5. The number of amides is 1. The molecule has 0 atom stereocenters. The quantitative estimate of drug-likeness (QED) is 0.477. The number of nitro groups is 1. The van der Waals surface area contributed by atoms with Crippen molar-refractivity contribution in [1.82, 2.24) is 10.2 Å². The van der Waals surface area contributed by atoms with Crippen LogP contribution in [0.15, 0.2) is 24.3 Å². The molecule has 2 aliphatic rings. The van der Waals surface area contributed by atoms with Gasteiger partial charge in [0.05, 0.1) is 11.5 Å². The van der Waals surface area contributed by atoms with E-state index in [1.54, 1.807) is 12.1 Å². The Morgan fingerprint density at radius 1 is 1.30 bits per heavy atom. The van der Waals surface area contributed by atoms with Crippen LogP contribution in [0.2, 0.25) is 0 Å². The largest absolute Gasteiger partial charge is 0.480 e. The molecule has 2 aliphatic carbocycles. The fourth-order valence-electron chi connectivity index (χ4n) is 3.54. The first-order chi connectivity index (χ1) is 12.9. The van der Waals surface area contributed by atoms with Gasteiger partial charge in [0.25, 0.3) is 5.69 Å². The molecule has 1 aromatic rings. The highest BCUT2D eigenvalue weighted by Gasteiger charge is 2.37. The predicted octanol–water partition coefficient (Wildman–Crippen LogP) is 1.97. The topological polar surface area (TPSA) is 113 Å². The number of carboxylic acids is 1. The summed E-state index contributed by atoms with van der Waals surface area (Å²) >= 11 is 0. The van der Waals surface area contributed by atoms with Crippen LogP contribution >= 0.6 is 0 Å². The van der Waals surface area contributed by atoms with Crippen molar-refractivity contribution in [2.24, 2.45) is 5.92 Å². The van der Waals surface area contributed by atoms with Gasteiger partial charge in [-0.1, -0.05) is 12.1 Å². The summed E-state index contributed by atoms with van der Waals surface area (Å²) in [5, 5.41) is 22.9. The third-order valence-corrected chi connectivity index (χ3v) is 5.28. The van der Waals surface area contributed by atoms with Crippen LogP contribution in [0.5, 0.6) is 0 Å². The van der Waals surface area contributed by atoms with Crippen LogP contribution in [0.25, 0.3) is 0 Å². The second-order valence-electron chi connectivity index (χ2n) is 7.58. The summed E-state index contributed by atoms with van der Waals surface area (Å²) in [4.78, 5) is 35.6. The molecule has 2 saturated carbocycles. The highest BCUT2D eigenvalue weighted by molar-refractivity contribution is 5.76. The van der Waals surface area contributed by atoms with E-state index >= 15 is 0 Å². The minimum atomic E-state index is -0.805. The van der Waals surface area contributed by atoms with E-state index in [0.717, 1.165) is 24.9 Å². The molecule has 8 nitrogen and oxygen atoms in total. The van der Waals surface area contributed by atoms with E-state index in [1.807, 2.05) is 4.90 Å². The average Bonchev–Trinajstić information content (AvgIpc) is 3.39. The van der Waals surface area contributed by atoms with Gasteiger partial charge in [-0.15, -0.1) is 0 Å². The number of non-ortho nitro benzene ring substituents is 1. The Morgan fingerprint density at radius 2 is 2.04 bits per heavy atom. The Kier molecular flexibility index (Phi) is 6.05. The van der Waals surface area contributed by atoms with Gasteiger partial charge in [0.1, 0.15) is 0 Å². The van der Waals surface area contributed by atoms with Crippen molar-refractivity contribution in [1.29, 1.82) is 0 Å². The molecule has 1 amide bonds. The molecule has 2 fully saturated rings. The van der Waals surface area contributed by atoms with Crippen LogP contribution in [0.1, 0.15) is 37.7 Å². The van der Waals surface area contributed by atoms with Crippen LogP contribution in [0, 0.1) is 16.0 Å². The van der Waals surface area contributed by atoms with Gasteiger partial charge in [-0.3, -0.25) is 24.6 Å². The molecule has 0 spiro atoms. The number of nitro benzene ring substituents is 1. The number of rotatable bonds is 10. The van der Waals surface area contributed by atoms with Crippen molar-refractivity contribution in [2.45, 2.75) is 50.6 Å². The molecule has 0 radical (unpaired) electrons. The second-order valence-corrected chi connectivity index (χ2v) is 7.58. The number of aliphatic carboxylic acids is 1. The number of nitrogens with zero attached hydrogens (tertiary/aromatic N) is 2. The number of carbonyl (C=O) groups excluding carboxylic acids is 1. The van der Waals surface area contributed by atoms with Gasteiger partial charge in [-0.25, -0.2) is 0 Å². The highest BCUT2D eigenvalue weighted by atomic mass is 16.6. The van der Waals surface area contributed by atoms with Gasteiger partial charge < -0.3 is 10.4 Å². The Labute approximate surface area is 157 Å². The molecule has 0 bridgehead atoms. The molecular formula is C19H25N3O5. The lowest BCUT2D eigenvalue weighted by Crippen LogP contribution is -2.55. The lowest BCUT2D eigenvalue weighted by molar-refractivity contribution is -0.384. The number of hydrogen-bond donors (Lipinski definition) is 2. The molecule has 0 unspecified atom stereocenters. The highest BCUT2D eigenvalue weighted by Crippen LogP contribution is 2.33. The minimum Gasteiger partial charge on any atom is -0.480 e. The fourth-order valence-corrected chi connectivity index (χ4v) is 3.54. The average molecular weight is 375 g/mol. The minimum absolute atomic E-state index is 0.0314. The van der Waals surface area contributed by atoms with Crippen molar-refractivity contribution >= 4 is 17.6 Å². The van der Waals surface area contributed by atoms with Crippen LogP contribution in [-0.4, -0.2) is 52.0 Å². The predicted molar refractivity (Wildman–Crippen MR) is 98.3 cm³/mol. The Morgan fingerprint density at radius 3 is 2.67 bits per heavy atom. The van der Waals surface area contributed by atoms with Crippen molar-refractivity contribution in [2.75, 3.05) is 13.1 Å². The zero-order valence-corrected chi connectivity index (χ0v) is 15.2. The molecule has 146 valence electrons. The molecule has 0 heterocycles. The molecule has 1 aromatic carbocycles. The molecule has 3 rings (SSSR count). The zero-order valence-electron chi connectivity index (χ0n) is 15.2. The lowest BCUT2D eigenvalue weighted by atomic mass is 9.85. The SMILES string of the molecule is O=C(O)CN(CC1CC1)C1CC(NC(=O)CCc2cccc([N+](=O)[O-])c2)C1. The first kappa shape index (κ1) is 19.3. The summed E-state index contributed by atoms with van der Waals surface area (Å²) in [6, 6.07) is 6.64. The van der Waals surface area contributed by atoms with Gasteiger partial charge in [-0.05, 0) is 43.6 Å². The number of carbonyl (C=O) groups is 2. The van der Waals surface area contributed by atoms with Crippen molar-refractivity contribution in [3.63, 3.8) is 0 Å². The number of benzene rings is 1. The maximum atomic E-state index is 12.1. The molecule has 8 heteroatoms. The van der Waals surface area contributed by atoms with E-state index in [1.165, 1.54) is 25.0 Å². The van der Waals surface area contributed by atoms with Crippen LogP contribution in [-0.2, 0) is 16.0 Å². The van der Waals surface area contributed by atoms with Crippen molar-refractivity contribution in [3.05, 3.63) is 39.9 Å².